The van der Waals surface area contributed by atoms with Crippen molar-refractivity contribution in [3.63, 3.8) is 0 Å². The number of halogens is 4. The number of aromatic nitrogens is 2. The van der Waals surface area contributed by atoms with E-state index in [4.69, 9.17) is 4.84 Å². The van der Waals surface area contributed by atoms with Crippen LogP contribution in [0.5, 0.6) is 0 Å². The average molecular weight is 377 g/mol. The largest absolute Gasteiger partial charge is 0.385 e. The quantitative estimate of drug-likeness (QED) is 0.357. The molecule has 1 heterocycles. The molecule has 27 heavy (non-hydrogen) atoms. The second kappa shape index (κ2) is 8.03. The molecule has 0 bridgehead atoms. The monoisotopic (exact) mass is 377 g/mol. The molecule has 0 amide bonds. The Morgan fingerprint density at radius 2 is 1.81 bits per heavy atom. The standard InChI is InChI=1S/C19H15F4N3O/c1-12(16-8-13(20)3-5-17(16)22)25-27-19(10-26-7-6-24-11-26)15-4-2-14(21)9-18(15)23/h2-9,11,19H,10H2,1H3/b25-12-. The number of nitrogens with zero attached hydrogens (tertiary/aromatic N) is 3. The van der Waals surface area contributed by atoms with Crippen molar-refractivity contribution in [2.75, 3.05) is 0 Å². The van der Waals surface area contributed by atoms with Gasteiger partial charge in [0.1, 0.15) is 23.3 Å². The number of rotatable bonds is 6. The molecule has 140 valence electrons. The molecule has 0 aliphatic heterocycles. The van der Waals surface area contributed by atoms with Gasteiger partial charge < -0.3 is 9.40 Å². The number of hydrogen-bond acceptors (Lipinski definition) is 3. The molecule has 2 aromatic carbocycles. The molecule has 1 unspecified atom stereocenters. The van der Waals surface area contributed by atoms with Gasteiger partial charge in [-0.3, -0.25) is 0 Å². The number of oxime groups is 1. The van der Waals surface area contributed by atoms with Crippen LogP contribution < -0.4 is 0 Å². The lowest BCUT2D eigenvalue weighted by Crippen LogP contribution is -2.13. The minimum absolute atomic E-state index is 0.0707. The van der Waals surface area contributed by atoms with Crippen LogP contribution in [0.1, 0.15) is 24.2 Å². The third kappa shape index (κ3) is 4.52. The molecule has 0 fully saturated rings. The first kappa shape index (κ1) is 18.6. The van der Waals surface area contributed by atoms with Crippen LogP contribution in [0.25, 0.3) is 0 Å². The minimum Gasteiger partial charge on any atom is -0.385 e. The third-order valence-electron chi connectivity index (χ3n) is 3.88. The third-order valence-corrected chi connectivity index (χ3v) is 3.88. The molecule has 0 radical (unpaired) electrons. The van der Waals surface area contributed by atoms with E-state index in [-0.39, 0.29) is 23.4 Å². The van der Waals surface area contributed by atoms with E-state index < -0.39 is 29.4 Å². The Balaban J connectivity index is 1.90. The lowest BCUT2D eigenvalue weighted by molar-refractivity contribution is 0.0431. The Bertz CT molecular complexity index is 958. The van der Waals surface area contributed by atoms with Gasteiger partial charge >= 0.3 is 0 Å². The minimum atomic E-state index is -0.939. The second-order valence-corrected chi connectivity index (χ2v) is 5.82. The molecule has 0 saturated carbocycles. The second-order valence-electron chi connectivity index (χ2n) is 5.82. The number of benzene rings is 2. The summed E-state index contributed by atoms with van der Waals surface area (Å²) < 4.78 is 56.2. The summed E-state index contributed by atoms with van der Waals surface area (Å²) >= 11 is 0. The zero-order valence-electron chi connectivity index (χ0n) is 14.2. The molecular formula is C19H15F4N3O. The average Bonchev–Trinajstić information content (AvgIpc) is 3.14. The van der Waals surface area contributed by atoms with Gasteiger partial charge in [0, 0.05) is 29.6 Å². The summed E-state index contributed by atoms with van der Waals surface area (Å²) in [4.78, 5) is 9.32. The van der Waals surface area contributed by atoms with Gasteiger partial charge in [-0.05, 0) is 37.3 Å². The van der Waals surface area contributed by atoms with Gasteiger partial charge in [-0.1, -0.05) is 5.16 Å². The molecule has 1 atom stereocenters. The molecule has 4 nitrogen and oxygen atoms in total. The smallest absolute Gasteiger partial charge is 0.173 e. The zero-order chi connectivity index (χ0) is 19.4. The molecule has 0 aliphatic rings. The van der Waals surface area contributed by atoms with Crippen molar-refractivity contribution in [3.05, 3.63) is 89.5 Å². The van der Waals surface area contributed by atoms with Crippen LogP contribution in [0.2, 0.25) is 0 Å². The van der Waals surface area contributed by atoms with Gasteiger partial charge in [0.15, 0.2) is 6.10 Å². The van der Waals surface area contributed by atoms with E-state index in [1.165, 1.54) is 25.5 Å². The topological polar surface area (TPSA) is 39.4 Å². The Hall–Kier alpha value is -3.16. The lowest BCUT2D eigenvalue weighted by atomic mass is 10.1. The molecule has 0 saturated heterocycles. The van der Waals surface area contributed by atoms with Crippen molar-refractivity contribution in [3.8, 4) is 0 Å². The van der Waals surface area contributed by atoms with E-state index in [0.717, 1.165) is 30.3 Å². The molecule has 0 aliphatic carbocycles. The fourth-order valence-electron chi connectivity index (χ4n) is 2.50. The Morgan fingerprint density at radius 1 is 1.07 bits per heavy atom. The van der Waals surface area contributed by atoms with Crippen molar-refractivity contribution in [2.45, 2.75) is 19.6 Å². The molecule has 0 spiro atoms. The molecule has 0 N–H and O–H groups in total. The summed E-state index contributed by atoms with van der Waals surface area (Å²) in [5.41, 5.74) is 0.0717. The zero-order valence-corrected chi connectivity index (χ0v) is 14.2. The van der Waals surface area contributed by atoms with Crippen molar-refractivity contribution >= 4 is 5.71 Å². The van der Waals surface area contributed by atoms with E-state index in [9.17, 15) is 17.6 Å². The maximum Gasteiger partial charge on any atom is 0.173 e. The van der Waals surface area contributed by atoms with Crippen LogP contribution in [0, 0.1) is 23.3 Å². The summed E-state index contributed by atoms with van der Waals surface area (Å²) in [5, 5.41) is 3.83. The summed E-state index contributed by atoms with van der Waals surface area (Å²) in [7, 11) is 0. The first-order chi connectivity index (χ1) is 12.9. The van der Waals surface area contributed by atoms with Crippen molar-refractivity contribution < 1.29 is 22.4 Å². The SMILES string of the molecule is C/C(=N/OC(Cn1ccnc1)c1ccc(F)cc1F)c1cc(F)ccc1F. The van der Waals surface area contributed by atoms with Crippen LogP contribution in [0.4, 0.5) is 17.6 Å². The van der Waals surface area contributed by atoms with E-state index in [2.05, 4.69) is 10.1 Å². The molecular weight excluding hydrogens is 362 g/mol. The van der Waals surface area contributed by atoms with E-state index in [0.29, 0.717) is 0 Å². The van der Waals surface area contributed by atoms with Gasteiger partial charge in [-0.25, -0.2) is 22.5 Å². The van der Waals surface area contributed by atoms with Gasteiger partial charge in [0.25, 0.3) is 0 Å². The van der Waals surface area contributed by atoms with Gasteiger partial charge in [0.05, 0.1) is 18.6 Å². The summed E-state index contributed by atoms with van der Waals surface area (Å²) in [6, 6.07) is 6.05. The van der Waals surface area contributed by atoms with Crippen molar-refractivity contribution in [1.29, 1.82) is 0 Å². The highest BCUT2D eigenvalue weighted by Gasteiger charge is 2.19. The van der Waals surface area contributed by atoms with Crippen LogP contribution in [0.15, 0.2) is 60.3 Å². The van der Waals surface area contributed by atoms with Crippen LogP contribution in [-0.2, 0) is 11.4 Å². The lowest BCUT2D eigenvalue weighted by Gasteiger charge is -2.17. The maximum atomic E-state index is 14.2. The Labute approximate surface area is 152 Å². The fourth-order valence-corrected chi connectivity index (χ4v) is 2.50. The predicted octanol–water partition coefficient (Wildman–Crippen LogP) is 4.62. The first-order valence-corrected chi connectivity index (χ1v) is 8.00. The van der Waals surface area contributed by atoms with Gasteiger partial charge in [-0.15, -0.1) is 0 Å². The Kier molecular flexibility index (Phi) is 5.54. The van der Waals surface area contributed by atoms with Crippen LogP contribution >= 0.6 is 0 Å². The number of imidazole rings is 1. The fraction of sp³-hybridized carbons (Fsp3) is 0.158. The highest BCUT2D eigenvalue weighted by molar-refractivity contribution is 5.98. The predicted molar refractivity (Wildman–Crippen MR) is 91.0 cm³/mol. The molecule has 3 rings (SSSR count). The molecule has 1 aromatic heterocycles. The summed E-state index contributed by atoms with van der Waals surface area (Å²) in [6.45, 7) is 1.57. The van der Waals surface area contributed by atoms with Crippen molar-refractivity contribution in [2.24, 2.45) is 5.16 Å². The van der Waals surface area contributed by atoms with Gasteiger partial charge in [-0.2, -0.15) is 0 Å². The summed E-state index contributed by atoms with van der Waals surface area (Å²) in [6.07, 6.45) is 3.74. The van der Waals surface area contributed by atoms with E-state index in [1.54, 1.807) is 10.8 Å². The highest BCUT2D eigenvalue weighted by Crippen LogP contribution is 2.24. The first-order valence-electron chi connectivity index (χ1n) is 8.00. The normalized spacial score (nSPS) is 12.9. The Morgan fingerprint density at radius 3 is 2.52 bits per heavy atom. The molecule has 8 heteroatoms. The van der Waals surface area contributed by atoms with Gasteiger partial charge in [0.2, 0.25) is 0 Å². The van der Waals surface area contributed by atoms with Crippen LogP contribution in [-0.4, -0.2) is 15.3 Å². The maximum absolute atomic E-state index is 14.2. The van der Waals surface area contributed by atoms with Crippen molar-refractivity contribution in [1.82, 2.24) is 9.55 Å². The highest BCUT2D eigenvalue weighted by atomic mass is 19.1. The van der Waals surface area contributed by atoms with E-state index >= 15 is 0 Å². The summed E-state index contributed by atoms with van der Waals surface area (Å²) in [5.74, 6) is -2.81. The molecule has 3 aromatic rings. The van der Waals surface area contributed by atoms with E-state index in [1.807, 2.05) is 0 Å². The van der Waals surface area contributed by atoms with Crippen LogP contribution in [0.3, 0.4) is 0 Å². The number of hydrogen-bond donors (Lipinski definition) is 0.